The Kier molecular flexibility index (Phi) is 5.85. The third-order valence-corrected chi connectivity index (χ3v) is 3.01. The largest absolute Gasteiger partial charge is 0.383 e. The molecule has 2 N–H and O–H groups in total. The summed E-state index contributed by atoms with van der Waals surface area (Å²) in [4.78, 5) is 8.58. The summed E-state index contributed by atoms with van der Waals surface area (Å²) >= 11 is 0. The number of nitrogens with zero attached hydrogens (tertiary/aromatic N) is 2. The maximum Gasteiger partial charge on any atom is 0.135 e. The van der Waals surface area contributed by atoms with Crippen molar-refractivity contribution in [3.8, 4) is 0 Å². The standard InChI is InChI=1S/C13H24N4O/c1-6-10-12(14-4)15-8-16-13(10)17-11(7-18-5)9(2)3/h8-9,11H,6-7H2,1-5H3,(H2,14,15,16,17). The molecule has 102 valence electrons. The average molecular weight is 252 g/mol. The van der Waals surface area contributed by atoms with Crippen molar-refractivity contribution in [2.45, 2.75) is 33.2 Å². The number of methoxy groups -OCH3 is 1. The van der Waals surface area contributed by atoms with E-state index in [4.69, 9.17) is 4.74 Å². The Bertz CT molecular complexity index is 368. The molecule has 1 heterocycles. The third kappa shape index (κ3) is 3.57. The van der Waals surface area contributed by atoms with Crippen molar-refractivity contribution >= 4 is 11.6 Å². The number of aromatic nitrogens is 2. The van der Waals surface area contributed by atoms with Crippen molar-refractivity contribution in [1.82, 2.24) is 9.97 Å². The van der Waals surface area contributed by atoms with Crippen LogP contribution in [0.3, 0.4) is 0 Å². The van der Waals surface area contributed by atoms with Crippen LogP contribution in [0, 0.1) is 5.92 Å². The molecule has 0 aliphatic heterocycles. The van der Waals surface area contributed by atoms with E-state index in [0.29, 0.717) is 12.5 Å². The Labute approximate surface area is 109 Å². The zero-order valence-corrected chi connectivity index (χ0v) is 11.9. The quantitative estimate of drug-likeness (QED) is 0.779. The minimum atomic E-state index is 0.250. The predicted molar refractivity (Wildman–Crippen MR) is 75.1 cm³/mol. The molecule has 1 aromatic rings. The summed E-state index contributed by atoms with van der Waals surface area (Å²) in [6.45, 7) is 7.11. The van der Waals surface area contributed by atoms with Gasteiger partial charge in [0.2, 0.25) is 0 Å². The molecule has 1 unspecified atom stereocenters. The minimum absolute atomic E-state index is 0.250. The Morgan fingerprint density at radius 2 is 1.94 bits per heavy atom. The van der Waals surface area contributed by atoms with Crippen LogP contribution in [0.2, 0.25) is 0 Å². The number of hydrogen-bond donors (Lipinski definition) is 2. The van der Waals surface area contributed by atoms with Crippen LogP contribution in [0.25, 0.3) is 0 Å². The van der Waals surface area contributed by atoms with Gasteiger partial charge in [0.15, 0.2) is 0 Å². The molecule has 0 spiro atoms. The Morgan fingerprint density at radius 3 is 2.44 bits per heavy atom. The fourth-order valence-corrected chi connectivity index (χ4v) is 1.84. The van der Waals surface area contributed by atoms with Gasteiger partial charge < -0.3 is 15.4 Å². The number of ether oxygens (including phenoxy) is 1. The average Bonchev–Trinajstić information content (AvgIpc) is 2.37. The predicted octanol–water partition coefficient (Wildman–Crippen LogP) is 2.16. The first-order valence-corrected chi connectivity index (χ1v) is 6.41. The molecule has 18 heavy (non-hydrogen) atoms. The molecule has 5 heteroatoms. The molecule has 5 nitrogen and oxygen atoms in total. The monoisotopic (exact) mass is 252 g/mol. The summed E-state index contributed by atoms with van der Waals surface area (Å²) in [5, 5.41) is 6.56. The summed E-state index contributed by atoms with van der Waals surface area (Å²) in [5.41, 5.74) is 1.11. The van der Waals surface area contributed by atoms with E-state index in [0.717, 1.165) is 23.6 Å². The van der Waals surface area contributed by atoms with Gasteiger partial charge in [0, 0.05) is 19.7 Å². The van der Waals surface area contributed by atoms with Gasteiger partial charge in [0.25, 0.3) is 0 Å². The number of rotatable bonds is 7. The highest BCUT2D eigenvalue weighted by molar-refractivity contribution is 5.57. The second-order valence-corrected chi connectivity index (χ2v) is 4.60. The molecular formula is C13H24N4O. The number of hydrogen-bond acceptors (Lipinski definition) is 5. The smallest absolute Gasteiger partial charge is 0.135 e. The maximum atomic E-state index is 5.25. The van der Waals surface area contributed by atoms with Crippen LogP contribution < -0.4 is 10.6 Å². The van der Waals surface area contributed by atoms with Crippen molar-refractivity contribution in [2.75, 3.05) is 31.4 Å². The summed E-state index contributed by atoms with van der Waals surface area (Å²) in [7, 11) is 3.59. The topological polar surface area (TPSA) is 59.1 Å². The lowest BCUT2D eigenvalue weighted by atomic mass is 10.0. The highest BCUT2D eigenvalue weighted by Gasteiger charge is 2.16. The van der Waals surface area contributed by atoms with E-state index in [1.54, 1.807) is 13.4 Å². The van der Waals surface area contributed by atoms with Crippen molar-refractivity contribution in [1.29, 1.82) is 0 Å². The fourth-order valence-electron chi connectivity index (χ4n) is 1.84. The van der Waals surface area contributed by atoms with E-state index in [9.17, 15) is 0 Å². The summed E-state index contributed by atoms with van der Waals surface area (Å²) < 4.78 is 5.25. The first-order chi connectivity index (χ1) is 8.63. The maximum absolute atomic E-state index is 5.25. The zero-order chi connectivity index (χ0) is 13.5. The molecule has 0 aromatic carbocycles. The van der Waals surface area contributed by atoms with Gasteiger partial charge in [-0.3, -0.25) is 0 Å². The van der Waals surface area contributed by atoms with Crippen LogP contribution in [-0.2, 0) is 11.2 Å². The Morgan fingerprint density at radius 1 is 1.28 bits per heavy atom. The first kappa shape index (κ1) is 14.7. The van der Waals surface area contributed by atoms with Crippen molar-refractivity contribution in [3.05, 3.63) is 11.9 Å². The molecular weight excluding hydrogens is 228 g/mol. The lowest BCUT2D eigenvalue weighted by Gasteiger charge is -2.23. The van der Waals surface area contributed by atoms with E-state index in [1.165, 1.54) is 0 Å². The molecule has 0 saturated carbocycles. The molecule has 1 atom stereocenters. The molecule has 1 aromatic heterocycles. The second-order valence-electron chi connectivity index (χ2n) is 4.60. The third-order valence-electron chi connectivity index (χ3n) is 3.01. The Balaban J connectivity index is 2.94. The van der Waals surface area contributed by atoms with Gasteiger partial charge in [-0.25, -0.2) is 9.97 Å². The van der Waals surface area contributed by atoms with Crippen LogP contribution in [0.4, 0.5) is 11.6 Å². The molecule has 0 bridgehead atoms. The van der Waals surface area contributed by atoms with Gasteiger partial charge in [-0.15, -0.1) is 0 Å². The lowest BCUT2D eigenvalue weighted by molar-refractivity contribution is 0.171. The van der Waals surface area contributed by atoms with E-state index in [-0.39, 0.29) is 6.04 Å². The SMILES string of the molecule is CCc1c(NC)ncnc1NC(COC)C(C)C. The molecule has 1 rings (SSSR count). The van der Waals surface area contributed by atoms with Gasteiger partial charge in [0.05, 0.1) is 12.6 Å². The van der Waals surface area contributed by atoms with E-state index in [1.807, 2.05) is 7.05 Å². The number of anilines is 2. The van der Waals surface area contributed by atoms with Crippen LogP contribution in [0.1, 0.15) is 26.3 Å². The molecule has 0 amide bonds. The lowest BCUT2D eigenvalue weighted by Crippen LogP contribution is -2.31. The normalized spacial score (nSPS) is 12.6. The van der Waals surface area contributed by atoms with Gasteiger partial charge >= 0.3 is 0 Å². The van der Waals surface area contributed by atoms with Gasteiger partial charge in [-0.2, -0.15) is 0 Å². The van der Waals surface area contributed by atoms with Crippen LogP contribution >= 0.6 is 0 Å². The Hall–Kier alpha value is -1.36. The zero-order valence-electron chi connectivity index (χ0n) is 11.9. The molecule has 0 aliphatic carbocycles. The summed E-state index contributed by atoms with van der Waals surface area (Å²) in [5.74, 6) is 2.25. The van der Waals surface area contributed by atoms with Gasteiger partial charge in [0.1, 0.15) is 18.0 Å². The van der Waals surface area contributed by atoms with E-state index >= 15 is 0 Å². The molecule has 0 radical (unpaired) electrons. The second kappa shape index (κ2) is 7.16. The van der Waals surface area contributed by atoms with Crippen LogP contribution in [0.5, 0.6) is 0 Å². The highest BCUT2D eigenvalue weighted by Crippen LogP contribution is 2.21. The van der Waals surface area contributed by atoms with Crippen molar-refractivity contribution in [2.24, 2.45) is 5.92 Å². The summed E-state index contributed by atoms with van der Waals surface area (Å²) in [6.07, 6.45) is 2.47. The van der Waals surface area contributed by atoms with Gasteiger partial charge in [-0.1, -0.05) is 20.8 Å². The fraction of sp³-hybridized carbons (Fsp3) is 0.692. The molecule has 0 saturated heterocycles. The number of nitrogens with one attached hydrogen (secondary N) is 2. The van der Waals surface area contributed by atoms with Crippen molar-refractivity contribution in [3.63, 3.8) is 0 Å². The minimum Gasteiger partial charge on any atom is -0.383 e. The highest BCUT2D eigenvalue weighted by atomic mass is 16.5. The van der Waals surface area contributed by atoms with Crippen LogP contribution in [0.15, 0.2) is 6.33 Å². The first-order valence-electron chi connectivity index (χ1n) is 6.41. The van der Waals surface area contributed by atoms with E-state index in [2.05, 4.69) is 41.4 Å². The van der Waals surface area contributed by atoms with Crippen molar-refractivity contribution < 1.29 is 4.74 Å². The van der Waals surface area contributed by atoms with Crippen LogP contribution in [-0.4, -0.2) is 36.8 Å². The molecule has 0 aliphatic rings. The summed E-state index contributed by atoms with van der Waals surface area (Å²) in [6, 6.07) is 0.250. The van der Waals surface area contributed by atoms with E-state index < -0.39 is 0 Å². The van der Waals surface area contributed by atoms with Gasteiger partial charge in [-0.05, 0) is 12.3 Å². The molecule has 0 fully saturated rings.